The zero-order chi connectivity index (χ0) is 15.0. The van der Waals surface area contributed by atoms with Gasteiger partial charge in [0.1, 0.15) is 12.6 Å². The van der Waals surface area contributed by atoms with Crippen LogP contribution < -0.4 is 5.32 Å². The number of aromatic amines is 1. The van der Waals surface area contributed by atoms with Crippen LogP contribution in [0.25, 0.3) is 10.9 Å². The summed E-state index contributed by atoms with van der Waals surface area (Å²) in [6.07, 6.45) is 0. The lowest BCUT2D eigenvalue weighted by Crippen LogP contribution is -2.59. The number of nitrogens with one attached hydrogen (secondary N) is 2. The monoisotopic (exact) mass is 288 g/mol. The first-order valence-corrected chi connectivity index (χ1v) is 6.31. The fourth-order valence-corrected chi connectivity index (χ4v) is 2.34. The molecular formula is C13H12N4O4. The molecule has 3 N–H and O–H groups in total. The van der Waals surface area contributed by atoms with Crippen molar-refractivity contribution in [2.24, 2.45) is 0 Å². The largest absolute Gasteiger partial charge is 0.480 e. The predicted octanol–water partition coefficient (Wildman–Crippen LogP) is -0.412. The molecule has 1 aromatic carbocycles. The molecule has 1 fully saturated rings. The number of aliphatic carboxylic acids is 1. The molecule has 0 saturated carbocycles. The zero-order valence-electron chi connectivity index (χ0n) is 10.9. The molecule has 2 amide bonds. The lowest BCUT2D eigenvalue weighted by Gasteiger charge is -2.32. The van der Waals surface area contributed by atoms with E-state index in [0.717, 1.165) is 4.90 Å². The first-order chi connectivity index (χ1) is 10.1. The van der Waals surface area contributed by atoms with Gasteiger partial charge in [0, 0.05) is 11.9 Å². The van der Waals surface area contributed by atoms with Crippen molar-refractivity contribution in [2.45, 2.75) is 6.04 Å². The van der Waals surface area contributed by atoms with Gasteiger partial charge in [0.2, 0.25) is 5.91 Å². The van der Waals surface area contributed by atoms with Gasteiger partial charge in [-0.15, -0.1) is 0 Å². The molecule has 8 nitrogen and oxygen atoms in total. The number of amides is 2. The van der Waals surface area contributed by atoms with E-state index in [-0.39, 0.29) is 24.7 Å². The lowest BCUT2D eigenvalue weighted by molar-refractivity contribution is -0.144. The maximum Gasteiger partial charge on any atom is 0.328 e. The molecule has 108 valence electrons. The second-order valence-corrected chi connectivity index (χ2v) is 4.71. The maximum absolute atomic E-state index is 12.5. The molecule has 0 spiro atoms. The van der Waals surface area contributed by atoms with E-state index in [2.05, 4.69) is 15.5 Å². The third-order valence-electron chi connectivity index (χ3n) is 3.40. The van der Waals surface area contributed by atoms with Gasteiger partial charge in [-0.1, -0.05) is 18.2 Å². The molecule has 2 heterocycles. The quantitative estimate of drug-likeness (QED) is 0.694. The van der Waals surface area contributed by atoms with Crippen LogP contribution in [-0.4, -0.2) is 57.1 Å². The van der Waals surface area contributed by atoms with Crippen LogP contribution in [0.1, 0.15) is 10.5 Å². The molecule has 1 saturated heterocycles. The van der Waals surface area contributed by atoms with Crippen molar-refractivity contribution in [2.75, 3.05) is 13.1 Å². The Labute approximate surface area is 118 Å². The number of hydrogen-bond donors (Lipinski definition) is 3. The van der Waals surface area contributed by atoms with Crippen molar-refractivity contribution in [3.63, 3.8) is 0 Å². The number of carbonyl (C=O) groups is 3. The number of nitrogens with zero attached hydrogens (tertiary/aromatic N) is 2. The molecule has 2 aromatic rings. The smallest absolute Gasteiger partial charge is 0.328 e. The number of para-hydroxylation sites is 1. The Hall–Kier alpha value is -2.90. The topological polar surface area (TPSA) is 115 Å². The third kappa shape index (κ3) is 2.20. The van der Waals surface area contributed by atoms with Gasteiger partial charge in [0.15, 0.2) is 5.69 Å². The first-order valence-electron chi connectivity index (χ1n) is 6.31. The normalized spacial score (nSPS) is 18.6. The van der Waals surface area contributed by atoms with Gasteiger partial charge in [0.25, 0.3) is 5.91 Å². The van der Waals surface area contributed by atoms with E-state index in [4.69, 9.17) is 0 Å². The second kappa shape index (κ2) is 4.89. The number of H-pyrrole nitrogens is 1. The van der Waals surface area contributed by atoms with Crippen molar-refractivity contribution < 1.29 is 19.5 Å². The second-order valence-electron chi connectivity index (χ2n) is 4.71. The van der Waals surface area contributed by atoms with Gasteiger partial charge < -0.3 is 15.3 Å². The van der Waals surface area contributed by atoms with Crippen molar-refractivity contribution in [1.82, 2.24) is 20.4 Å². The maximum atomic E-state index is 12.5. The molecule has 1 unspecified atom stereocenters. The number of fused-ring (bicyclic) bond motifs is 1. The summed E-state index contributed by atoms with van der Waals surface area (Å²) in [6, 6.07) is 5.93. The third-order valence-corrected chi connectivity index (χ3v) is 3.40. The van der Waals surface area contributed by atoms with Gasteiger partial charge >= 0.3 is 5.97 Å². The fraction of sp³-hybridized carbons (Fsp3) is 0.231. The Bertz CT molecular complexity index is 739. The molecule has 21 heavy (non-hydrogen) atoms. The van der Waals surface area contributed by atoms with E-state index in [9.17, 15) is 19.5 Å². The van der Waals surface area contributed by atoms with E-state index in [0.29, 0.717) is 10.9 Å². The van der Waals surface area contributed by atoms with Crippen molar-refractivity contribution >= 4 is 28.7 Å². The Morgan fingerprint density at radius 3 is 2.86 bits per heavy atom. The van der Waals surface area contributed by atoms with Gasteiger partial charge in [0.05, 0.1) is 5.52 Å². The number of rotatable bonds is 2. The van der Waals surface area contributed by atoms with Crippen LogP contribution in [0.5, 0.6) is 0 Å². The van der Waals surface area contributed by atoms with Crippen LogP contribution in [0.2, 0.25) is 0 Å². The van der Waals surface area contributed by atoms with Crippen LogP contribution in [0.4, 0.5) is 0 Å². The van der Waals surface area contributed by atoms with Crippen LogP contribution >= 0.6 is 0 Å². The van der Waals surface area contributed by atoms with Crippen LogP contribution in [-0.2, 0) is 9.59 Å². The molecule has 1 atom stereocenters. The average molecular weight is 288 g/mol. The summed E-state index contributed by atoms with van der Waals surface area (Å²) in [4.78, 5) is 36.3. The van der Waals surface area contributed by atoms with Gasteiger partial charge in [-0.25, -0.2) is 4.79 Å². The van der Waals surface area contributed by atoms with Crippen LogP contribution in [0, 0.1) is 0 Å². The number of benzene rings is 1. The highest BCUT2D eigenvalue weighted by molar-refractivity contribution is 6.07. The fourth-order valence-electron chi connectivity index (χ4n) is 2.34. The molecule has 0 bridgehead atoms. The molecule has 0 aliphatic carbocycles. The minimum Gasteiger partial charge on any atom is -0.480 e. The first kappa shape index (κ1) is 13.1. The Kier molecular flexibility index (Phi) is 3.05. The highest BCUT2D eigenvalue weighted by Gasteiger charge is 2.36. The molecule has 3 rings (SSSR count). The summed E-state index contributed by atoms with van der Waals surface area (Å²) in [7, 11) is 0. The highest BCUT2D eigenvalue weighted by atomic mass is 16.4. The molecule has 1 aromatic heterocycles. The number of carboxylic acids is 1. The number of piperazine rings is 1. The summed E-state index contributed by atoms with van der Waals surface area (Å²) >= 11 is 0. The van der Waals surface area contributed by atoms with Gasteiger partial charge in [-0.05, 0) is 6.07 Å². The summed E-state index contributed by atoms with van der Waals surface area (Å²) < 4.78 is 0. The summed E-state index contributed by atoms with van der Waals surface area (Å²) in [5.41, 5.74) is 0.792. The Balaban J connectivity index is 1.99. The lowest BCUT2D eigenvalue weighted by atomic mass is 10.1. The van der Waals surface area contributed by atoms with E-state index < -0.39 is 17.9 Å². The van der Waals surface area contributed by atoms with Crippen molar-refractivity contribution in [3.8, 4) is 0 Å². The standard InChI is InChI=1S/C13H12N4O4/c18-10-6-17(9(5-14-10)13(20)21)12(19)11-7-3-1-2-4-8(7)15-16-11/h1-4,9H,5-6H2,(H,14,18)(H,15,16)(H,20,21). The SMILES string of the molecule is O=C1CN(C(=O)c2n[nH]c3ccccc23)C(C(=O)O)CN1. The molecular weight excluding hydrogens is 276 g/mol. The average Bonchev–Trinajstić information content (AvgIpc) is 2.90. The summed E-state index contributed by atoms with van der Waals surface area (Å²) in [5.74, 6) is -2.13. The molecule has 1 aliphatic heterocycles. The Morgan fingerprint density at radius 1 is 1.33 bits per heavy atom. The minimum atomic E-state index is -1.16. The van der Waals surface area contributed by atoms with Crippen LogP contribution in [0.15, 0.2) is 24.3 Å². The number of carboxylic acid groups (broad SMARTS) is 1. The number of carbonyl (C=O) groups excluding carboxylic acids is 2. The van der Waals surface area contributed by atoms with Gasteiger partial charge in [-0.3, -0.25) is 14.7 Å². The number of hydrogen-bond acceptors (Lipinski definition) is 4. The van der Waals surface area contributed by atoms with Crippen molar-refractivity contribution in [3.05, 3.63) is 30.0 Å². The van der Waals surface area contributed by atoms with E-state index >= 15 is 0 Å². The van der Waals surface area contributed by atoms with E-state index in [1.54, 1.807) is 24.3 Å². The van der Waals surface area contributed by atoms with E-state index in [1.807, 2.05) is 0 Å². The van der Waals surface area contributed by atoms with E-state index in [1.165, 1.54) is 0 Å². The van der Waals surface area contributed by atoms with Crippen molar-refractivity contribution in [1.29, 1.82) is 0 Å². The number of aromatic nitrogens is 2. The van der Waals surface area contributed by atoms with Gasteiger partial charge in [-0.2, -0.15) is 5.10 Å². The molecule has 1 aliphatic rings. The molecule has 8 heteroatoms. The summed E-state index contributed by atoms with van der Waals surface area (Å²) in [5, 5.41) is 18.9. The molecule has 0 radical (unpaired) electrons. The predicted molar refractivity (Wildman–Crippen MR) is 71.6 cm³/mol. The summed E-state index contributed by atoms with van der Waals surface area (Å²) in [6.45, 7) is -0.404. The zero-order valence-corrected chi connectivity index (χ0v) is 10.9. The van der Waals surface area contributed by atoms with Crippen LogP contribution in [0.3, 0.4) is 0 Å². The Morgan fingerprint density at radius 2 is 2.10 bits per heavy atom. The highest BCUT2D eigenvalue weighted by Crippen LogP contribution is 2.18. The minimum absolute atomic E-state index is 0.109.